The molecule has 0 saturated heterocycles. The monoisotopic (exact) mass is 284 g/mol. The normalized spacial score (nSPS) is 22.7. The van der Waals surface area contributed by atoms with Gasteiger partial charge in [-0.3, -0.25) is 0 Å². The fraction of sp³-hybridized carbons (Fsp3) is 0.579. The molecule has 21 heavy (non-hydrogen) atoms. The van der Waals surface area contributed by atoms with Gasteiger partial charge >= 0.3 is 0 Å². The third-order valence-electron chi connectivity index (χ3n) is 4.91. The van der Waals surface area contributed by atoms with E-state index in [-0.39, 0.29) is 0 Å². The predicted molar refractivity (Wildman–Crippen MR) is 90.5 cm³/mol. The molecule has 1 saturated carbocycles. The zero-order valence-electron chi connectivity index (χ0n) is 13.2. The number of nitrogens with one attached hydrogen (secondary N) is 1. The van der Waals surface area contributed by atoms with Crippen molar-refractivity contribution in [1.29, 1.82) is 0 Å². The van der Waals surface area contributed by atoms with Crippen molar-refractivity contribution in [3.63, 3.8) is 0 Å². The molecule has 2 nitrogen and oxygen atoms in total. The van der Waals surface area contributed by atoms with Crippen LogP contribution < -0.4 is 5.32 Å². The van der Waals surface area contributed by atoms with Crippen LogP contribution in [0, 0.1) is 11.8 Å². The van der Waals surface area contributed by atoms with Gasteiger partial charge in [0, 0.05) is 18.3 Å². The summed E-state index contributed by atoms with van der Waals surface area (Å²) in [5.74, 6) is 1.86. The van der Waals surface area contributed by atoms with E-state index in [9.17, 15) is 0 Å². The zero-order chi connectivity index (χ0) is 14.5. The number of nitrogens with zero attached hydrogens (tertiary/aromatic N) is 1. The second-order valence-corrected chi connectivity index (χ2v) is 6.76. The number of hydrogen-bond donors (Lipinski definition) is 1. The molecule has 0 amide bonds. The third kappa shape index (κ3) is 3.88. The molecule has 1 aliphatic rings. The smallest absolute Gasteiger partial charge is 0.0480 e. The maximum Gasteiger partial charge on any atom is 0.0480 e. The Morgan fingerprint density at radius 1 is 1.19 bits per heavy atom. The van der Waals surface area contributed by atoms with E-state index in [0.717, 1.165) is 24.9 Å². The summed E-state index contributed by atoms with van der Waals surface area (Å²) in [6.45, 7) is 5.87. The van der Waals surface area contributed by atoms with Crippen molar-refractivity contribution in [2.45, 2.75) is 45.6 Å². The summed E-state index contributed by atoms with van der Waals surface area (Å²) >= 11 is 0. The molecular weight excluding hydrogens is 256 g/mol. The Bertz CT molecular complexity index is 557. The molecule has 0 radical (unpaired) electrons. The second-order valence-electron chi connectivity index (χ2n) is 6.76. The number of rotatable bonds is 6. The van der Waals surface area contributed by atoms with Gasteiger partial charge in [0.2, 0.25) is 0 Å². The van der Waals surface area contributed by atoms with Crippen LogP contribution in [0.4, 0.5) is 0 Å². The molecule has 2 heteroatoms. The predicted octanol–water partition coefficient (Wildman–Crippen LogP) is 4.45. The molecule has 1 aromatic heterocycles. The van der Waals surface area contributed by atoms with Gasteiger partial charge in [-0.05, 0) is 61.7 Å². The van der Waals surface area contributed by atoms with Gasteiger partial charge in [-0.1, -0.05) is 38.0 Å². The highest BCUT2D eigenvalue weighted by atomic mass is 15.0. The van der Waals surface area contributed by atoms with Gasteiger partial charge in [0.15, 0.2) is 0 Å². The number of hydrogen-bond acceptors (Lipinski definition) is 1. The van der Waals surface area contributed by atoms with Crippen LogP contribution in [0.15, 0.2) is 36.5 Å². The summed E-state index contributed by atoms with van der Waals surface area (Å²) in [4.78, 5) is 0. The molecule has 0 spiro atoms. The zero-order valence-corrected chi connectivity index (χ0v) is 13.2. The Labute approximate surface area is 128 Å². The number of aromatic nitrogens is 1. The van der Waals surface area contributed by atoms with E-state index in [4.69, 9.17) is 0 Å². The van der Waals surface area contributed by atoms with E-state index in [1.165, 1.54) is 49.6 Å². The first kappa shape index (κ1) is 14.6. The van der Waals surface area contributed by atoms with Crippen LogP contribution in [0.25, 0.3) is 10.9 Å². The van der Waals surface area contributed by atoms with Gasteiger partial charge in [-0.2, -0.15) is 0 Å². The van der Waals surface area contributed by atoms with Crippen molar-refractivity contribution in [1.82, 2.24) is 9.88 Å². The fourth-order valence-electron chi connectivity index (χ4n) is 3.76. The molecule has 2 aromatic rings. The summed E-state index contributed by atoms with van der Waals surface area (Å²) in [6, 6.07) is 10.9. The van der Waals surface area contributed by atoms with Gasteiger partial charge in [-0.25, -0.2) is 0 Å². The molecule has 1 aromatic carbocycles. The van der Waals surface area contributed by atoms with E-state index >= 15 is 0 Å². The first-order chi connectivity index (χ1) is 10.3. The van der Waals surface area contributed by atoms with Crippen LogP contribution in [0.1, 0.15) is 39.0 Å². The number of para-hydroxylation sites is 1. The highest BCUT2D eigenvalue weighted by Crippen LogP contribution is 2.27. The van der Waals surface area contributed by atoms with Gasteiger partial charge in [0.25, 0.3) is 0 Å². The van der Waals surface area contributed by atoms with E-state index < -0.39 is 0 Å². The van der Waals surface area contributed by atoms with E-state index in [0.29, 0.717) is 0 Å². The lowest BCUT2D eigenvalue weighted by Crippen LogP contribution is -2.27. The van der Waals surface area contributed by atoms with Gasteiger partial charge in [0.1, 0.15) is 0 Å². The minimum atomic E-state index is 0.918. The SMILES string of the molecule is CC1CCCC(CNCCCn2ccc3ccccc32)C1. The van der Waals surface area contributed by atoms with Crippen LogP contribution in [-0.4, -0.2) is 17.7 Å². The van der Waals surface area contributed by atoms with Crippen molar-refractivity contribution < 1.29 is 0 Å². The maximum absolute atomic E-state index is 3.67. The topological polar surface area (TPSA) is 17.0 Å². The number of benzene rings is 1. The average molecular weight is 284 g/mol. The molecule has 0 aliphatic heterocycles. The molecule has 0 bridgehead atoms. The molecule has 2 unspecified atom stereocenters. The van der Waals surface area contributed by atoms with Crippen LogP contribution in [0.2, 0.25) is 0 Å². The Morgan fingerprint density at radius 3 is 3.00 bits per heavy atom. The Morgan fingerprint density at radius 2 is 2.10 bits per heavy atom. The van der Waals surface area contributed by atoms with Crippen molar-refractivity contribution in [3.8, 4) is 0 Å². The Balaban J connectivity index is 1.38. The summed E-state index contributed by atoms with van der Waals surface area (Å²) in [5, 5.41) is 5.02. The molecular formula is C19H28N2. The number of aryl methyl sites for hydroxylation is 1. The average Bonchev–Trinajstić information content (AvgIpc) is 2.90. The maximum atomic E-state index is 3.67. The van der Waals surface area contributed by atoms with Crippen LogP contribution in [0.3, 0.4) is 0 Å². The van der Waals surface area contributed by atoms with Crippen molar-refractivity contribution in [3.05, 3.63) is 36.5 Å². The highest BCUT2D eigenvalue weighted by molar-refractivity contribution is 5.79. The fourth-order valence-corrected chi connectivity index (χ4v) is 3.76. The van der Waals surface area contributed by atoms with Crippen LogP contribution >= 0.6 is 0 Å². The van der Waals surface area contributed by atoms with Gasteiger partial charge in [-0.15, -0.1) is 0 Å². The molecule has 1 N–H and O–H groups in total. The largest absolute Gasteiger partial charge is 0.347 e. The minimum Gasteiger partial charge on any atom is -0.347 e. The first-order valence-corrected chi connectivity index (χ1v) is 8.57. The summed E-state index contributed by atoms with van der Waals surface area (Å²) < 4.78 is 2.37. The van der Waals surface area contributed by atoms with Gasteiger partial charge < -0.3 is 9.88 Å². The Hall–Kier alpha value is -1.28. The third-order valence-corrected chi connectivity index (χ3v) is 4.91. The lowest BCUT2D eigenvalue weighted by atomic mass is 9.82. The lowest BCUT2D eigenvalue weighted by molar-refractivity contribution is 0.274. The van der Waals surface area contributed by atoms with Crippen molar-refractivity contribution in [2.24, 2.45) is 11.8 Å². The van der Waals surface area contributed by atoms with Crippen LogP contribution in [0.5, 0.6) is 0 Å². The van der Waals surface area contributed by atoms with Gasteiger partial charge in [0.05, 0.1) is 0 Å². The molecule has 114 valence electrons. The van der Waals surface area contributed by atoms with E-state index in [2.05, 4.69) is 53.3 Å². The van der Waals surface area contributed by atoms with Crippen molar-refractivity contribution in [2.75, 3.05) is 13.1 Å². The molecule has 1 fully saturated rings. The molecule has 1 heterocycles. The second kappa shape index (κ2) is 7.13. The Kier molecular flexibility index (Phi) is 4.97. The van der Waals surface area contributed by atoms with Crippen LogP contribution in [-0.2, 0) is 6.54 Å². The molecule has 1 aliphatic carbocycles. The summed E-state index contributed by atoms with van der Waals surface area (Å²) in [7, 11) is 0. The van der Waals surface area contributed by atoms with Crippen molar-refractivity contribution >= 4 is 10.9 Å². The number of fused-ring (bicyclic) bond motifs is 1. The molecule has 3 rings (SSSR count). The highest BCUT2D eigenvalue weighted by Gasteiger charge is 2.17. The molecule has 2 atom stereocenters. The summed E-state index contributed by atoms with van der Waals surface area (Å²) in [6.07, 6.45) is 9.16. The minimum absolute atomic E-state index is 0.918. The summed E-state index contributed by atoms with van der Waals surface area (Å²) in [5.41, 5.74) is 1.36. The quantitative estimate of drug-likeness (QED) is 0.776. The standard InChI is InChI=1S/C19H28N2/c1-16-6-4-7-17(14-16)15-20-11-5-12-21-13-10-18-8-2-3-9-19(18)21/h2-3,8-10,13,16-17,20H,4-7,11-12,14-15H2,1H3. The van der Waals surface area contributed by atoms with E-state index in [1.54, 1.807) is 0 Å². The van der Waals surface area contributed by atoms with E-state index in [1.807, 2.05) is 0 Å². The first-order valence-electron chi connectivity index (χ1n) is 8.57. The lowest BCUT2D eigenvalue weighted by Gasteiger charge is -2.26.